The first-order valence-corrected chi connectivity index (χ1v) is 9.76. The summed E-state index contributed by atoms with van der Waals surface area (Å²) in [6.45, 7) is 2.11. The van der Waals surface area contributed by atoms with Gasteiger partial charge in [-0.15, -0.1) is 11.3 Å². The lowest BCUT2D eigenvalue weighted by atomic mass is 10.1. The zero-order chi connectivity index (χ0) is 16.9. The van der Waals surface area contributed by atoms with Crippen molar-refractivity contribution in [1.82, 2.24) is 10.0 Å². The minimum Gasteiger partial charge on any atom is -0.395 e. The number of benzene rings is 1. The van der Waals surface area contributed by atoms with E-state index in [1.807, 2.05) is 37.3 Å². The molecule has 1 heterocycles. The van der Waals surface area contributed by atoms with Crippen LogP contribution < -0.4 is 10.0 Å². The second kappa shape index (κ2) is 8.23. The molecule has 8 heteroatoms. The molecule has 0 amide bonds. The van der Waals surface area contributed by atoms with E-state index >= 15 is 0 Å². The highest BCUT2D eigenvalue weighted by Gasteiger charge is 2.25. The molecule has 0 spiro atoms. The number of thiophene rings is 1. The third-order valence-electron chi connectivity index (χ3n) is 3.39. The van der Waals surface area contributed by atoms with Gasteiger partial charge in [-0.1, -0.05) is 41.9 Å². The number of sulfonamides is 1. The van der Waals surface area contributed by atoms with E-state index in [9.17, 15) is 13.5 Å². The predicted molar refractivity (Wildman–Crippen MR) is 93.3 cm³/mol. The van der Waals surface area contributed by atoms with Crippen molar-refractivity contribution in [3.63, 3.8) is 0 Å². The molecule has 1 aromatic carbocycles. The van der Waals surface area contributed by atoms with Crippen LogP contribution in [0.3, 0.4) is 0 Å². The average Bonchev–Trinajstić information content (AvgIpc) is 2.99. The number of rotatable bonds is 8. The van der Waals surface area contributed by atoms with Crippen LogP contribution in [0.4, 0.5) is 0 Å². The molecule has 0 aliphatic carbocycles. The Morgan fingerprint density at radius 3 is 2.48 bits per heavy atom. The van der Waals surface area contributed by atoms with Crippen LogP contribution in [0.25, 0.3) is 0 Å². The van der Waals surface area contributed by atoms with Gasteiger partial charge in [-0.3, -0.25) is 0 Å². The summed E-state index contributed by atoms with van der Waals surface area (Å²) < 4.78 is 27.6. The van der Waals surface area contributed by atoms with Gasteiger partial charge < -0.3 is 10.4 Å². The summed E-state index contributed by atoms with van der Waals surface area (Å²) in [5, 5.41) is 12.7. The molecule has 2 atom stereocenters. The van der Waals surface area contributed by atoms with Crippen LogP contribution >= 0.6 is 22.9 Å². The zero-order valence-electron chi connectivity index (χ0n) is 12.6. The van der Waals surface area contributed by atoms with Crippen LogP contribution in [-0.2, 0) is 16.6 Å². The van der Waals surface area contributed by atoms with E-state index in [2.05, 4.69) is 10.0 Å². The van der Waals surface area contributed by atoms with Crippen molar-refractivity contribution in [1.29, 1.82) is 0 Å². The summed E-state index contributed by atoms with van der Waals surface area (Å²) >= 11 is 6.76. The van der Waals surface area contributed by atoms with Crippen molar-refractivity contribution in [2.75, 3.05) is 6.61 Å². The number of halogens is 1. The number of hydrogen-bond acceptors (Lipinski definition) is 5. The molecule has 0 aliphatic rings. The molecular formula is C15H19ClN2O3S2. The van der Waals surface area contributed by atoms with Crippen LogP contribution in [0.1, 0.15) is 12.5 Å². The molecule has 0 saturated heterocycles. The Kier molecular flexibility index (Phi) is 6.58. The van der Waals surface area contributed by atoms with Gasteiger partial charge in [-0.25, -0.2) is 13.1 Å². The van der Waals surface area contributed by atoms with Crippen molar-refractivity contribution in [2.45, 2.75) is 29.8 Å². The molecule has 5 nitrogen and oxygen atoms in total. The van der Waals surface area contributed by atoms with Gasteiger partial charge in [0.25, 0.3) is 0 Å². The second-order valence-corrected chi connectivity index (χ2v) is 8.78. The number of aliphatic hydroxyl groups is 1. The summed E-state index contributed by atoms with van der Waals surface area (Å²) in [5.41, 5.74) is 1.09. The molecule has 0 aliphatic heterocycles. The molecule has 0 saturated carbocycles. The second-order valence-electron chi connectivity index (χ2n) is 5.12. The lowest BCUT2D eigenvalue weighted by Crippen LogP contribution is -2.50. The third kappa shape index (κ3) is 5.27. The predicted octanol–water partition coefficient (Wildman–Crippen LogP) is 2.22. The van der Waals surface area contributed by atoms with E-state index in [1.54, 1.807) is 0 Å². The minimum absolute atomic E-state index is 0.135. The van der Waals surface area contributed by atoms with Crippen LogP contribution in [0, 0.1) is 0 Å². The molecule has 0 bridgehead atoms. The van der Waals surface area contributed by atoms with Crippen molar-refractivity contribution in [2.24, 2.45) is 0 Å². The molecule has 1 unspecified atom stereocenters. The highest BCUT2D eigenvalue weighted by molar-refractivity contribution is 7.91. The number of hydrogen-bond donors (Lipinski definition) is 3. The van der Waals surface area contributed by atoms with Crippen molar-refractivity contribution >= 4 is 33.0 Å². The Morgan fingerprint density at radius 1 is 1.22 bits per heavy atom. The molecular weight excluding hydrogens is 356 g/mol. The van der Waals surface area contributed by atoms with Crippen LogP contribution in [0.15, 0.2) is 46.7 Å². The van der Waals surface area contributed by atoms with Gasteiger partial charge in [0, 0.05) is 12.6 Å². The van der Waals surface area contributed by atoms with Gasteiger partial charge in [0.1, 0.15) is 4.21 Å². The lowest BCUT2D eigenvalue weighted by Gasteiger charge is -2.24. The Hall–Kier alpha value is -0.960. The molecule has 2 rings (SSSR count). The van der Waals surface area contributed by atoms with Gasteiger partial charge in [-0.05, 0) is 24.6 Å². The van der Waals surface area contributed by atoms with Gasteiger partial charge in [-0.2, -0.15) is 0 Å². The molecule has 2 aromatic rings. The monoisotopic (exact) mass is 374 g/mol. The lowest BCUT2D eigenvalue weighted by molar-refractivity contribution is 0.230. The Balaban J connectivity index is 1.98. The SMILES string of the molecule is CC(NCc1ccccc1)[C@H](CO)NS(=O)(=O)c1ccc(Cl)s1. The standard InChI is InChI=1S/C15H19ClN2O3S2/c1-11(17-9-12-5-3-2-4-6-12)13(10-19)18-23(20,21)15-8-7-14(16)22-15/h2-8,11,13,17-19H,9-10H2,1H3/t11?,13-/m0/s1. The Bertz CT molecular complexity index is 719. The maximum absolute atomic E-state index is 12.3. The van der Waals surface area contributed by atoms with Crippen LogP contribution in [0.2, 0.25) is 4.34 Å². The van der Waals surface area contributed by atoms with E-state index in [4.69, 9.17) is 11.6 Å². The quantitative estimate of drug-likeness (QED) is 0.662. The van der Waals surface area contributed by atoms with Gasteiger partial charge >= 0.3 is 0 Å². The summed E-state index contributed by atoms with van der Waals surface area (Å²) in [6.07, 6.45) is 0. The van der Waals surface area contributed by atoms with E-state index in [-0.39, 0.29) is 16.9 Å². The van der Waals surface area contributed by atoms with E-state index in [0.29, 0.717) is 10.9 Å². The fourth-order valence-electron chi connectivity index (χ4n) is 2.01. The highest BCUT2D eigenvalue weighted by atomic mass is 35.5. The molecule has 0 radical (unpaired) electrons. The van der Waals surface area contributed by atoms with Gasteiger partial charge in [0.05, 0.1) is 17.0 Å². The smallest absolute Gasteiger partial charge is 0.250 e. The molecule has 23 heavy (non-hydrogen) atoms. The number of nitrogens with one attached hydrogen (secondary N) is 2. The highest BCUT2D eigenvalue weighted by Crippen LogP contribution is 2.25. The fraction of sp³-hybridized carbons (Fsp3) is 0.333. The maximum Gasteiger partial charge on any atom is 0.250 e. The summed E-state index contributed by atoms with van der Waals surface area (Å²) in [5.74, 6) is 0. The Labute approximate surface area is 145 Å². The first-order chi connectivity index (χ1) is 10.9. The average molecular weight is 375 g/mol. The van der Waals surface area contributed by atoms with E-state index in [0.717, 1.165) is 16.9 Å². The molecule has 3 N–H and O–H groups in total. The van der Waals surface area contributed by atoms with Crippen molar-refractivity contribution < 1.29 is 13.5 Å². The Morgan fingerprint density at radius 2 is 1.91 bits per heavy atom. The fourth-order valence-corrected chi connectivity index (χ4v) is 4.82. The molecule has 0 fully saturated rings. The van der Waals surface area contributed by atoms with Crippen molar-refractivity contribution in [3.8, 4) is 0 Å². The van der Waals surface area contributed by atoms with Crippen LogP contribution in [0.5, 0.6) is 0 Å². The third-order valence-corrected chi connectivity index (χ3v) is 6.60. The van der Waals surface area contributed by atoms with Crippen molar-refractivity contribution in [3.05, 3.63) is 52.4 Å². The topological polar surface area (TPSA) is 78.4 Å². The summed E-state index contributed by atoms with van der Waals surface area (Å²) in [7, 11) is -3.69. The minimum atomic E-state index is -3.69. The zero-order valence-corrected chi connectivity index (χ0v) is 15.0. The first kappa shape index (κ1) is 18.4. The van der Waals surface area contributed by atoms with Crippen LogP contribution in [-0.4, -0.2) is 32.2 Å². The largest absolute Gasteiger partial charge is 0.395 e. The molecule has 126 valence electrons. The maximum atomic E-state index is 12.3. The molecule has 1 aromatic heterocycles. The van der Waals surface area contributed by atoms with Gasteiger partial charge in [0.2, 0.25) is 10.0 Å². The van der Waals surface area contributed by atoms with Gasteiger partial charge in [0.15, 0.2) is 0 Å². The normalized spacial score (nSPS) is 14.6. The summed E-state index contributed by atoms with van der Waals surface area (Å²) in [6, 6.07) is 11.9. The van der Waals surface area contributed by atoms with E-state index < -0.39 is 16.1 Å². The number of aliphatic hydroxyl groups excluding tert-OH is 1. The van der Waals surface area contributed by atoms with E-state index in [1.165, 1.54) is 12.1 Å². The summed E-state index contributed by atoms with van der Waals surface area (Å²) in [4.78, 5) is 0. The first-order valence-electron chi connectivity index (χ1n) is 7.08.